The van der Waals surface area contributed by atoms with Crippen molar-refractivity contribution in [3.05, 3.63) is 29.8 Å². The molecule has 106 valence electrons. The minimum Gasteiger partial charge on any atom is -0.392 e. The Balaban J connectivity index is 2.69. The Morgan fingerprint density at radius 3 is 2.32 bits per heavy atom. The standard InChI is InChI=1S/C12H18N2O4S/c1-8(15)11(13)7-14-12(16)9-3-5-10(6-4-9)19(2,17)18/h3-6,8,11,15H,7,13H2,1-2H3,(H,14,16). The molecule has 0 aliphatic rings. The van der Waals surface area contributed by atoms with E-state index in [1.165, 1.54) is 31.2 Å². The molecular formula is C12H18N2O4S. The lowest BCUT2D eigenvalue weighted by Gasteiger charge is -2.15. The Kier molecular flexibility index (Phi) is 5.04. The number of hydrogen-bond donors (Lipinski definition) is 3. The fourth-order valence-electron chi connectivity index (χ4n) is 1.34. The summed E-state index contributed by atoms with van der Waals surface area (Å²) in [5.41, 5.74) is 5.92. The van der Waals surface area contributed by atoms with Gasteiger partial charge in [0.15, 0.2) is 9.84 Å². The number of hydrogen-bond acceptors (Lipinski definition) is 5. The molecule has 0 spiro atoms. The second-order valence-electron chi connectivity index (χ2n) is 4.41. The van der Waals surface area contributed by atoms with Crippen molar-refractivity contribution in [2.75, 3.05) is 12.8 Å². The summed E-state index contributed by atoms with van der Waals surface area (Å²) in [7, 11) is -3.27. The van der Waals surface area contributed by atoms with Gasteiger partial charge in [0.25, 0.3) is 5.91 Å². The molecule has 0 radical (unpaired) electrons. The van der Waals surface area contributed by atoms with Crippen LogP contribution in [0.3, 0.4) is 0 Å². The van der Waals surface area contributed by atoms with Gasteiger partial charge in [-0.1, -0.05) is 0 Å². The molecule has 4 N–H and O–H groups in total. The van der Waals surface area contributed by atoms with Crippen LogP contribution in [0.4, 0.5) is 0 Å². The van der Waals surface area contributed by atoms with Crippen molar-refractivity contribution in [3.63, 3.8) is 0 Å². The first kappa shape index (κ1) is 15.6. The van der Waals surface area contributed by atoms with Gasteiger partial charge >= 0.3 is 0 Å². The number of amides is 1. The zero-order valence-electron chi connectivity index (χ0n) is 10.8. The molecule has 0 saturated heterocycles. The lowest BCUT2D eigenvalue weighted by atomic mass is 10.2. The van der Waals surface area contributed by atoms with Gasteiger partial charge < -0.3 is 16.2 Å². The number of aliphatic hydroxyl groups excluding tert-OH is 1. The molecule has 1 rings (SSSR count). The van der Waals surface area contributed by atoms with Crippen molar-refractivity contribution < 1.29 is 18.3 Å². The Morgan fingerprint density at radius 2 is 1.89 bits per heavy atom. The fraction of sp³-hybridized carbons (Fsp3) is 0.417. The number of rotatable bonds is 5. The van der Waals surface area contributed by atoms with Crippen LogP contribution in [0.5, 0.6) is 0 Å². The zero-order chi connectivity index (χ0) is 14.6. The van der Waals surface area contributed by atoms with Gasteiger partial charge in [-0.25, -0.2) is 8.42 Å². The van der Waals surface area contributed by atoms with Crippen molar-refractivity contribution in [1.82, 2.24) is 5.32 Å². The molecular weight excluding hydrogens is 268 g/mol. The second-order valence-corrected chi connectivity index (χ2v) is 6.43. The third kappa shape index (κ3) is 4.62. The van der Waals surface area contributed by atoms with E-state index >= 15 is 0 Å². The lowest BCUT2D eigenvalue weighted by Crippen LogP contribution is -2.43. The Bertz CT molecular complexity index is 537. The highest BCUT2D eigenvalue weighted by atomic mass is 32.2. The molecule has 0 aliphatic heterocycles. The minimum absolute atomic E-state index is 0.143. The summed E-state index contributed by atoms with van der Waals surface area (Å²) in [6.45, 7) is 1.68. The van der Waals surface area contributed by atoms with Crippen molar-refractivity contribution in [3.8, 4) is 0 Å². The van der Waals surface area contributed by atoms with E-state index in [9.17, 15) is 18.3 Å². The largest absolute Gasteiger partial charge is 0.392 e. The van der Waals surface area contributed by atoms with Gasteiger partial charge in [-0.3, -0.25) is 4.79 Å². The van der Waals surface area contributed by atoms with Crippen LogP contribution in [0.2, 0.25) is 0 Å². The molecule has 0 fully saturated rings. The third-order valence-corrected chi connectivity index (χ3v) is 3.79. The first-order valence-corrected chi connectivity index (χ1v) is 7.63. The molecule has 0 aromatic heterocycles. The molecule has 19 heavy (non-hydrogen) atoms. The summed E-state index contributed by atoms with van der Waals surface area (Å²) in [6.07, 6.45) is 0.386. The average Bonchev–Trinajstić information content (AvgIpc) is 2.34. The first-order valence-electron chi connectivity index (χ1n) is 5.74. The number of benzene rings is 1. The van der Waals surface area contributed by atoms with Gasteiger partial charge in [-0.05, 0) is 31.2 Å². The number of aliphatic hydroxyl groups is 1. The van der Waals surface area contributed by atoms with Crippen LogP contribution < -0.4 is 11.1 Å². The van der Waals surface area contributed by atoms with E-state index < -0.39 is 22.0 Å². The topological polar surface area (TPSA) is 109 Å². The van der Waals surface area contributed by atoms with Crippen molar-refractivity contribution in [2.45, 2.75) is 24.0 Å². The highest BCUT2D eigenvalue weighted by Gasteiger charge is 2.13. The molecule has 1 aromatic rings. The van der Waals surface area contributed by atoms with Crippen molar-refractivity contribution in [1.29, 1.82) is 0 Å². The first-order chi connectivity index (χ1) is 8.71. The smallest absolute Gasteiger partial charge is 0.251 e. The molecule has 2 unspecified atom stereocenters. The Labute approximate surface area is 112 Å². The fourth-order valence-corrected chi connectivity index (χ4v) is 1.97. The number of sulfone groups is 1. The molecule has 6 nitrogen and oxygen atoms in total. The predicted octanol–water partition coefficient (Wildman–Crippen LogP) is -0.472. The van der Waals surface area contributed by atoms with Gasteiger partial charge in [0, 0.05) is 24.4 Å². The molecule has 2 atom stereocenters. The van der Waals surface area contributed by atoms with Crippen LogP contribution in [-0.2, 0) is 9.84 Å². The minimum atomic E-state index is -3.27. The predicted molar refractivity (Wildman–Crippen MR) is 71.5 cm³/mol. The van der Waals surface area contributed by atoms with Gasteiger partial charge in [0.05, 0.1) is 11.0 Å². The van der Waals surface area contributed by atoms with Gasteiger partial charge in [0.2, 0.25) is 0 Å². The van der Waals surface area contributed by atoms with Crippen molar-refractivity contribution in [2.24, 2.45) is 5.73 Å². The molecule has 0 aliphatic carbocycles. The van der Waals surface area contributed by atoms with E-state index in [2.05, 4.69) is 5.32 Å². The molecule has 1 aromatic carbocycles. The maximum absolute atomic E-state index is 11.7. The third-order valence-electron chi connectivity index (χ3n) is 2.66. The zero-order valence-corrected chi connectivity index (χ0v) is 11.6. The van der Waals surface area contributed by atoms with Crippen LogP contribution in [0.1, 0.15) is 17.3 Å². The van der Waals surface area contributed by atoms with E-state index in [0.29, 0.717) is 5.56 Å². The maximum Gasteiger partial charge on any atom is 0.251 e. The number of nitrogens with two attached hydrogens (primary N) is 1. The number of carbonyl (C=O) groups excluding carboxylic acids is 1. The van der Waals surface area contributed by atoms with Gasteiger partial charge in [0.1, 0.15) is 0 Å². The molecule has 0 bridgehead atoms. The number of nitrogens with one attached hydrogen (secondary N) is 1. The van der Waals surface area contributed by atoms with Crippen LogP contribution >= 0.6 is 0 Å². The molecule has 7 heteroatoms. The quantitative estimate of drug-likeness (QED) is 0.678. The summed E-state index contributed by atoms with van der Waals surface area (Å²) in [6, 6.07) is 5.07. The van der Waals surface area contributed by atoms with Crippen LogP contribution in [0.15, 0.2) is 29.2 Å². The van der Waals surface area contributed by atoms with Crippen LogP contribution in [0.25, 0.3) is 0 Å². The SMILES string of the molecule is CC(O)C(N)CNC(=O)c1ccc(S(C)(=O)=O)cc1. The lowest BCUT2D eigenvalue weighted by molar-refractivity contribution is 0.0937. The summed E-state index contributed by atoms with van der Waals surface area (Å²) in [5, 5.41) is 11.8. The van der Waals surface area contributed by atoms with E-state index in [4.69, 9.17) is 5.73 Å². The highest BCUT2D eigenvalue weighted by molar-refractivity contribution is 7.90. The second kappa shape index (κ2) is 6.14. The summed E-state index contributed by atoms with van der Waals surface area (Å²) in [5.74, 6) is -0.365. The molecule has 0 saturated carbocycles. The monoisotopic (exact) mass is 286 g/mol. The van der Waals surface area contributed by atoms with E-state index in [0.717, 1.165) is 6.26 Å². The van der Waals surface area contributed by atoms with E-state index in [1.807, 2.05) is 0 Å². The Hall–Kier alpha value is -1.44. The average molecular weight is 286 g/mol. The summed E-state index contributed by atoms with van der Waals surface area (Å²) >= 11 is 0. The molecule has 1 amide bonds. The summed E-state index contributed by atoms with van der Waals surface area (Å²) < 4.78 is 22.5. The number of carbonyl (C=O) groups is 1. The van der Waals surface area contributed by atoms with Crippen LogP contribution in [0, 0.1) is 0 Å². The summed E-state index contributed by atoms with van der Waals surface area (Å²) in [4.78, 5) is 11.9. The molecule has 0 heterocycles. The highest BCUT2D eigenvalue weighted by Crippen LogP contribution is 2.10. The van der Waals surface area contributed by atoms with Gasteiger partial charge in [-0.15, -0.1) is 0 Å². The maximum atomic E-state index is 11.7. The van der Waals surface area contributed by atoms with Crippen LogP contribution in [-0.4, -0.2) is 44.4 Å². The van der Waals surface area contributed by atoms with E-state index in [-0.39, 0.29) is 17.3 Å². The Morgan fingerprint density at radius 1 is 1.37 bits per heavy atom. The van der Waals surface area contributed by atoms with E-state index in [1.54, 1.807) is 0 Å². The van der Waals surface area contributed by atoms with Gasteiger partial charge in [-0.2, -0.15) is 0 Å². The van der Waals surface area contributed by atoms with Crippen molar-refractivity contribution >= 4 is 15.7 Å². The normalized spacial score (nSPS) is 14.7.